The van der Waals surface area contributed by atoms with Gasteiger partial charge in [0.15, 0.2) is 0 Å². The maximum atomic E-state index is 6.01. The predicted molar refractivity (Wildman–Crippen MR) is 71.9 cm³/mol. The lowest BCUT2D eigenvalue weighted by molar-refractivity contribution is 0.313. The Balaban J connectivity index is 2.15. The molecular weight excluding hydrogens is 224 g/mol. The second-order valence-corrected chi connectivity index (χ2v) is 4.82. The van der Waals surface area contributed by atoms with E-state index < -0.39 is 0 Å². The maximum Gasteiger partial charge on any atom is 0.115 e. The zero-order valence-electron chi connectivity index (χ0n) is 10.4. The van der Waals surface area contributed by atoms with Crippen molar-refractivity contribution in [2.24, 2.45) is 0 Å². The van der Waals surface area contributed by atoms with Gasteiger partial charge in [-0.05, 0) is 42.3 Å². The van der Waals surface area contributed by atoms with E-state index in [-0.39, 0.29) is 0 Å². The van der Waals surface area contributed by atoms with Crippen molar-refractivity contribution in [2.75, 3.05) is 19.3 Å². The summed E-state index contributed by atoms with van der Waals surface area (Å²) in [4.78, 5) is 10.5. The van der Waals surface area contributed by atoms with E-state index in [1.165, 1.54) is 16.7 Å². The quantitative estimate of drug-likeness (QED) is 0.771. The molecule has 2 aromatic rings. The highest BCUT2D eigenvalue weighted by atomic mass is 15.1. The number of benzene rings is 1. The van der Waals surface area contributed by atoms with Gasteiger partial charge in [-0.25, -0.2) is 9.97 Å². The average Bonchev–Trinajstić information content (AvgIpc) is 2.38. The van der Waals surface area contributed by atoms with Crippen molar-refractivity contribution >= 4 is 5.69 Å². The second-order valence-electron chi connectivity index (χ2n) is 4.82. The van der Waals surface area contributed by atoms with E-state index in [9.17, 15) is 0 Å². The summed E-state index contributed by atoms with van der Waals surface area (Å²) in [5.74, 6) is 0. The number of rotatable bonds is 1. The van der Waals surface area contributed by atoms with Crippen LogP contribution in [0.15, 0.2) is 30.9 Å². The van der Waals surface area contributed by atoms with Crippen molar-refractivity contribution in [3.8, 4) is 11.1 Å². The third-order valence-corrected chi connectivity index (χ3v) is 3.42. The SMILES string of the molecule is CN1CCc2c(cc(N)cc2-c2cncnc2)C1. The minimum atomic E-state index is 0.808. The van der Waals surface area contributed by atoms with E-state index in [1.54, 1.807) is 6.33 Å². The van der Waals surface area contributed by atoms with Crippen molar-refractivity contribution < 1.29 is 0 Å². The first-order chi connectivity index (χ1) is 8.74. The minimum absolute atomic E-state index is 0.808. The van der Waals surface area contributed by atoms with Crippen LogP contribution in [-0.2, 0) is 13.0 Å². The molecular formula is C14H16N4. The number of hydrogen-bond donors (Lipinski definition) is 1. The van der Waals surface area contributed by atoms with Crippen molar-refractivity contribution in [1.82, 2.24) is 14.9 Å². The molecule has 0 unspecified atom stereocenters. The zero-order chi connectivity index (χ0) is 12.5. The molecule has 4 nitrogen and oxygen atoms in total. The molecule has 1 aliphatic heterocycles. The summed E-state index contributed by atoms with van der Waals surface area (Å²) >= 11 is 0. The summed E-state index contributed by atoms with van der Waals surface area (Å²) in [6.45, 7) is 2.04. The third-order valence-electron chi connectivity index (χ3n) is 3.42. The molecule has 4 heteroatoms. The maximum absolute atomic E-state index is 6.01. The molecule has 0 atom stereocenters. The summed E-state index contributed by atoms with van der Waals surface area (Å²) in [6.07, 6.45) is 6.30. The van der Waals surface area contributed by atoms with Crippen LogP contribution in [0.5, 0.6) is 0 Å². The van der Waals surface area contributed by atoms with Gasteiger partial charge in [0.05, 0.1) is 0 Å². The number of hydrogen-bond acceptors (Lipinski definition) is 4. The van der Waals surface area contributed by atoms with Crippen LogP contribution in [0.2, 0.25) is 0 Å². The minimum Gasteiger partial charge on any atom is -0.399 e. The van der Waals surface area contributed by atoms with Gasteiger partial charge in [-0.2, -0.15) is 0 Å². The number of nitrogens with two attached hydrogens (primary N) is 1. The lowest BCUT2D eigenvalue weighted by Crippen LogP contribution is -2.27. The first-order valence-corrected chi connectivity index (χ1v) is 6.09. The highest BCUT2D eigenvalue weighted by Gasteiger charge is 2.18. The van der Waals surface area contributed by atoms with E-state index >= 15 is 0 Å². The van der Waals surface area contributed by atoms with Gasteiger partial charge in [0.25, 0.3) is 0 Å². The summed E-state index contributed by atoms with van der Waals surface area (Å²) in [7, 11) is 2.14. The summed E-state index contributed by atoms with van der Waals surface area (Å²) < 4.78 is 0. The number of likely N-dealkylation sites (N-methyl/N-ethyl adjacent to an activating group) is 1. The van der Waals surface area contributed by atoms with Gasteiger partial charge in [0.2, 0.25) is 0 Å². The molecule has 3 rings (SSSR count). The van der Waals surface area contributed by atoms with Crippen molar-refractivity contribution in [3.05, 3.63) is 42.0 Å². The Morgan fingerprint density at radius 2 is 2.00 bits per heavy atom. The Labute approximate surface area is 106 Å². The number of anilines is 1. The molecule has 2 heterocycles. The van der Waals surface area contributed by atoms with Crippen molar-refractivity contribution in [1.29, 1.82) is 0 Å². The van der Waals surface area contributed by atoms with Crippen LogP contribution in [0.1, 0.15) is 11.1 Å². The van der Waals surface area contributed by atoms with Gasteiger partial charge in [-0.1, -0.05) is 0 Å². The van der Waals surface area contributed by atoms with Gasteiger partial charge in [-0.15, -0.1) is 0 Å². The Bertz CT molecular complexity index is 566. The Morgan fingerprint density at radius 1 is 1.22 bits per heavy atom. The molecule has 1 aromatic carbocycles. The van der Waals surface area contributed by atoms with Crippen LogP contribution in [0.3, 0.4) is 0 Å². The molecule has 0 spiro atoms. The van der Waals surface area contributed by atoms with Gasteiger partial charge in [-0.3, -0.25) is 0 Å². The molecule has 1 aromatic heterocycles. The fourth-order valence-corrected chi connectivity index (χ4v) is 2.56. The van der Waals surface area contributed by atoms with E-state index in [0.717, 1.165) is 30.8 Å². The van der Waals surface area contributed by atoms with Crippen LogP contribution in [0.4, 0.5) is 5.69 Å². The normalized spacial score (nSPS) is 15.4. The molecule has 0 fully saturated rings. The van der Waals surface area contributed by atoms with E-state index in [0.29, 0.717) is 0 Å². The largest absolute Gasteiger partial charge is 0.399 e. The summed E-state index contributed by atoms with van der Waals surface area (Å²) in [5, 5.41) is 0. The molecule has 0 amide bonds. The Morgan fingerprint density at radius 3 is 2.78 bits per heavy atom. The molecule has 0 aliphatic carbocycles. The van der Waals surface area contributed by atoms with Gasteiger partial charge in [0, 0.05) is 36.7 Å². The zero-order valence-corrected chi connectivity index (χ0v) is 10.4. The van der Waals surface area contributed by atoms with E-state index in [4.69, 9.17) is 5.73 Å². The molecule has 92 valence electrons. The predicted octanol–water partition coefficient (Wildman–Crippen LogP) is 1.71. The third kappa shape index (κ3) is 1.95. The van der Waals surface area contributed by atoms with Crippen LogP contribution < -0.4 is 5.73 Å². The first-order valence-electron chi connectivity index (χ1n) is 6.09. The first kappa shape index (κ1) is 11.2. The molecule has 0 saturated heterocycles. The van der Waals surface area contributed by atoms with Gasteiger partial charge < -0.3 is 10.6 Å². The van der Waals surface area contributed by atoms with Crippen LogP contribution in [0.25, 0.3) is 11.1 Å². The topological polar surface area (TPSA) is 55.0 Å². The van der Waals surface area contributed by atoms with Crippen molar-refractivity contribution in [3.63, 3.8) is 0 Å². The van der Waals surface area contributed by atoms with Crippen LogP contribution >= 0.6 is 0 Å². The number of nitrogen functional groups attached to an aromatic ring is 1. The summed E-state index contributed by atoms with van der Waals surface area (Å²) in [6, 6.07) is 4.11. The van der Waals surface area contributed by atoms with E-state index in [2.05, 4.69) is 28.0 Å². The van der Waals surface area contributed by atoms with Gasteiger partial charge >= 0.3 is 0 Å². The standard InChI is InChI=1S/C14H16N4/c1-18-3-2-13-10(8-18)4-12(15)5-14(13)11-6-16-9-17-7-11/h4-7,9H,2-3,8,15H2,1H3. The van der Waals surface area contributed by atoms with Gasteiger partial charge in [0.1, 0.15) is 6.33 Å². The Kier molecular flexibility index (Phi) is 2.72. The second kappa shape index (κ2) is 4.38. The number of nitrogens with zero attached hydrogens (tertiary/aromatic N) is 3. The van der Waals surface area contributed by atoms with Crippen LogP contribution in [-0.4, -0.2) is 28.5 Å². The monoisotopic (exact) mass is 240 g/mol. The van der Waals surface area contributed by atoms with Crippen LogP contribution in [0, 0.1) is 0 Å². The van der Waals surface area contributed by atoms with E-state index in [1.807, 2.05) is 18.5 Å². The Hall–Kier alpha value is -1.94. The highest BCUT2D eigenvalue weighted by Crippen LogP contribution is 2.31. The fourth-order valence-electron chi connectivity index (χ4n) is 2.56. The molecule has 18 heavy (non-hydrogen) atoms. The molecule has 0 saturated carbocycles. The molecule has 1 aliphatic rings. The summed E-state index contributed by atoms with van der Waals surface area (Å²) in [5.41, 5.74) is 11.7. The number of fused-ring (bicyclic) bond motifs is 1. The number of aromatic nitrogens is 2. The average molecular weight is 240 g/mol. The molecule has 2 N–H and O–H groups in total. The van der Waals surface area contributed by atoms with Crippen molar-refractivity contribution in [2.45, 2.75) is 13.0 Å². The molecule has 0 radical (unpaired) electrons. The molecule has 0 bridgehead atoms. The lowest BCUT2D eigenvalue weighted by Gasteiger charge is -2.27. The highest BCUT2D eigenvalue weighted by molar-refractivity contribution is 5.72. The smallest absolute Gasteiger partial charge is 0.115 e. The lowest BCUT2D eigenvalue weighted by atomic mass is 9.91. The fraction of sp³-hybridized carbons (Fsp3) is 0.286.